The summed E-state index contributed by atoms with van der Waals surface area (Å²) in [6.45, 7) is 0.548. The van der Waals surface area contributed by atoms with Crippen molar-refractivity contribution in [1.29, 1.82) is 0 Å². The fraction of sp³-hybridized carbons (Fsp3) is 0.278. The highest BCUT2D eigenvalue weighted by molar-refractivity contribution is 7.80. The van der Waals surface area contributed by atoms with Crippen LogP contribution >= 0.6 is 23.2 Å². The molecule has 2 rings (SSSR count). The number of amides is 1. The largest absolute Gasteiger partial charge is 0.755 e. The van der Waals surface area contributed by atoms with E-state index in [1.165, 1.54) is 4.31 Å². The summed E-state index contributed by atoms with van der Waals surface area (Å²) in [5.41, 5.74) is 1.60. The van der Waals surface area contributed by atoms with Crippen LogP contribution in [0, 0.1) is 0 Å². The summed E-state index contributed by atoms with van der Waals surface area (Å²) in [6, 6.07) is 11.5. The number of aliphatic hydroxyl groups excluding tert-OH is 1. The Morgan fingerprint density at radius 3 is 2.52 bits per heavy atom. The van der Waals surface area contributed by atoms with Crippen molar-refractivity contribution in [3.05, 3.63) is 63.6 Å². The molecule has 0 aromatic heterocycles. The minimum Gasteiger partial charge on any atom is -0.755 e. The average Bonchev–Trinajstić information content (AvgIpc) is 2.65. The Morgan fingerprint density at radius 2 is 1.89 bits per heavy atom. The highest BCUT2D eigenvalue weighted by Gasteiger charge is 2.12. The van der Waals surface area contributed by atoms with E-state index in [-0.39, 0.29) is 19.1 Å². The number of hydrogen-bond donors (Lipinski definition) is 2. The molecule has 0 radical (unpaired) electrons. The molecule has 9 heteroatoms. The molecule has 0 aliphatic heterocycles. The van der Waals surface area contributed by atoms with Crippen molar-refractivity contribution in [1.82, 2.24) is 5.32 Å². The van der Waals surface area contributed by atoms with Crippen molar-refractivity contribution in [2.75, 3.05) is 24.0 Å². The lowest BCUT2D eigenvalue weighted by molar-refractivity contribution is 0.0951. The van der Waals surface area contributed by atoms with Crippen molar-refractivity contribution in [2.24, 2.45) is 0 Å². The third-order valence-electron chi connectivity index (χ3n) is 3.83. The zero-order valence-electron chi connectivity index (χ0n) is 14.4. The molecule has 0 bridgehead atoms. The van der Waals surface area contributed by atoms with Gasteiger partial charge in [-0.15, -0.1) is 0 Å². The van der Waals surface area contributed by atoms with Crippen molar-refractivity contribution < 1.29 is 18.7 Å². The van der Waals surface area contributed by atoms with Gasteiger partial charge in [-0.25, -0.2) is 0 Å². The van der Waals surface area contributed by atoms with Crippen LogP contribution in [0.4, 0.5) is 5.69 Å². The zero-order valence-corrected chi connectivity index (χ0v) is 16.7. The van der Waals surface area contributed by atoms with Crippen molar-refractivity contribution in [3.8, 4) is 0 Å². The van der Waals surface area contributed by atoms with Gasteiger partial charge in [0.15, 0.2) is 0 Å². The molecular weight excluding hydrogens is 411 g/mol. The van der Waals surface area contributed by atoms with Crippen molar-refractivity contribution in [2.45, 2.75) is 12.8 Å². The van der Waals surface area contributed by atoms with Crippen LogP contribution in [0.25, 0.3) is 0 Å². The van der Waals surface area contributed by atoms with Crippen LogP contribution < -0.4 is 9.62 Å². The second-order valence-corrected chi connectivity index (χ2v) is 7.32. The Hall–Kier alpha value is -1.64. The molecule has 0 aliphatic rings. The van der Waals surface area contributed by atoms with Gasteiger partial charge in [0.25, 0.3) is 5.91 Å². The third kappa shape index (κ3) is 6.19. The van der Waals surface area contributed by atoms with Gasteiger partial charge in [-0.1, -0.05) is 35.3 Å². The molecule has 1 amide bonds. The molecule has 1 unspecified atom stereocenters. The van der Waals surface area contributed by atoms with Crippen molar-refractivity contribution in [3.63, 3.8) is 0 Å². The quantitative estimate of drug-likeness (QED) is 0.473. The summed E-state index contributed by atoms with van der Waals surface area (Å²) < 4.78 is 24.4. The molecule has 27 heavy (non-hydrogen) atoms. The van der Waals surface area contributed by atoms with Crippen LogP contribution in [0.15, 0.2) is 42.5 Å². The van der Waals surface area contributed by atoms with E-state index in [9.17, 15) is 13.6 Å². The topological polar surface area (TPSA) is 92.7 Å². The van der Waals surface area contributed by atoms with Gasteiger partial charge in [-0.05, 0) is 48.7 Å². The highest BCUT2D eigenvalue weighted by atomic mass is 35.5. The number of halogens is 2. The predicted octanol–water partition coefficient (Wildman–Crippen LogP) is 2.95. The van der Waals surface area contributed by atoms with E-state index in [1.54, 1.807) is 42.5 Å². The second-order valence-electron chi connectivity index (χ2n) is 5.66. The summed E-state index contributed by atoms with van der Waals surface area (Å²) in [5, 5.41) is 12.2. The fourth-order valence-corrected chi connectivity index (χ4v) is 3.36. The number of nitrogens with one attached hydrogen (secondary N) is 1. The summed E-state index contributed by atoms with van der Waals surface area (Å²) >= 11 is 9.64. The Labute approximate surface area is 170 Å². The maximum absolute atomic E-state index is 12.0. The number of rotatable bonds is 9. The van der Waals surface area contributed by atoms with Crippen molar-refractivity contribution >= 4 is 46.1 Å². The molecule has 0 spiro atoms. The molecule has 2 aromatic rings. The second kappa shape index (κ2) is 10.6. The van der Waals surface area contributed by atoms with Crippen LogP contribution in [-0.2, 0) is 17.7 Å². The van der Waals surface area contributed by atoms with Gasteiger partial charge in [-0.2, -0.15) is 0 Å². The van der Waals surface area contributed by atoms with E-state index in [0.717, 1.165) is 5.56 Å². The Bertz CT molecular complexity index is 802. The van der Waals surface area contributed by atoms with E-state index in [4.69, 9.17) is 28.3 Å². The average molecular weight is 430 g/mol. The van der Waals surface area contributed by atoms with Crippen LogP contribution in [0.3, 0.4) is 0 Å². The molecule has 0 heterocycles. The highest BCUT2D eigenvalue weighted by Crippen LogP contribution is 2.26. The maximum Gasteiger partial charge on any atom is 0.251 e. The van der Waals surface area contributed by atoms with Gasteiger partial charge < -0.3 is 19.3 Å². The number of nitrogens with zero attached hydrogens (tertiary/aromatic N) is 1. The minimum atomic E-state index is -2.48. The first-order valence-electron chi connectivity index (χ1n) is 8.23. The third-order valence-corrected chi connectivity index (χ3v) is 5.44. The predicted molar refractivity (Wildman–Crippen MR) is 107 cm³/mol. The number of benzene rings is 2. The summed E-state index contributed by atoms with van der Waals surface area (Å²) in [5.74, 6) is -0.282. The number of carbonyl (C=O) groups is 1. The first-order chi connectivity index (χ1) is 12.9. The Morgan fingerprint density at radius 1 is 1.19 bits per heavy atom. The van der Waals surface area contributed by atoms with E-state index in [0.29, 0.717) is 40.7 Å². The summed E-state index contributed by atoms with van der Waals surface area (Å²) in [7, 11) is 0. The fourth-order valence-electron chi connectivity index (χ4n) is 2.42. The van der Waals surface area contributed by atoms with Gasteiger partial charge >= 0.3 is 0 Å². The maximum atomic E-state index is 12.0. The molecule has 1 atom stereocenters. The molecule has 2 aromatic carbocycles. The number of hydrogen-bond acceptors (Lipinski definition) is 4. The van der Waals surface area contributed by atoms with E-state index < -0.39 is 11.3 Å². The Balaban J connectivity index is 2.07. The van der Waals surface area contributed by atoms with Crippen LogP contribution in [0.1, 0.15) is 22.3 Å². The summed E-state index contributed by atoms with van der Waals surface area (Å²) in [6.07, 6.45) is 0.857. The molecule has 0 saturated carbocycles. The molecular formula is C18H19Cl2N2O4S-. The lowest BCUT2D eigenvalue weighted by Crippen LogP contribution is -2.28. The molecule has 146 valence electrons. The first-order valence-corrected chi connectivity index (χ1v) is 10.0. The monoisotopic (exact) mass is 429 g/mol. The normalized spacial score (nSPS) is 11.9. The van der Waals surface area contributed by atoms with E-state index in [2.05, 4.69) is 5.32 Å². The van der Waals surface area contributed by atoms with Crippen LogP contribution in [-0.4, -0.2) is 39.5 Å². The van der Waals surface area contributed by atoms with Gasteiger partial charge in [-0.3, -0.25) is 9.00 Å². The molecule has 0 aliphatic carbocycles. The van der Waals surface area contributed by atoms with Gasteiger partial charge in [0.2, 0.25) is 0 Å². The standard InChI is InChI=1S/C18H20Cl2N2O4S/c19-16-4-1-3-13(17(16)20)9-11-22(27(25)26)15-7-5-14(6-8-15)18(24)21-10-2-12-23/h1,3-8,23H,2,9-12H2,(H,21,24)(H,25,26)/p-1. The Kier molecular flexibility index (Phi) is 8.53. The number of carbonyl (C=O) groups excluding carboxylic acids is 1. The lowest BCUT2D eigenvalue weighted by Gasteiger charge is -2.26. The van der Waals surface area contributed by atoms with Gasteiger partial charge in [0.05, 0.1) is 10.0 Å². The first kappa shape index (κ1) is 21.7. The number of aliphatic hydroxyl groups is 1. The summed E-state index contributed by atoms with van der Waals surface area (Å²) in [4.78, 5) is 12.0. The van der Waals surface area contributed by atoms with Crippen LogP contribution in [0.2, 0.25) is 10.0 Å². The van der Waals surface area contributed by atoms with E-state index >= 15 is 0 Å². The molecule has 6 nitrogen and oxygen atoms in total. The molecule has 0 fully saturated rings. The zero-order chi connectivity index (χ0) is 19.8. The lowest BCUT2D eigenvalue weighted by atomic mass is 10.1. The smallest absolute Gasteiger partial charge is 0.251 e. The van der Waals surface area contributed by atoms with Crippen LogP contribution in [0.5, 0.6) is 0 Å². The van der Waals surface area contributed by atoms with E-state index in [1.807, 2.05) is 0 Å². The number of anilines is 1. The molecule has 2 N–H and O–H groups in total. The SMILES string of the molecule is O=C(NCCCO)c1ccc(N(CCc2cccc(Cl)c2Cl)S(=O)[O-])cc1. The minimum absolute atomic E-state index is 0.000134. The van der Waals surface area contributed by atoms with Gasteiger partial charge in [0.1, 0.15) is 0 Å². The molecule has 0 saturated heterocycles. The van der Waals surface area contributed by atoms with Gasteiger partial charge in [0, 0.05) is 42.2 Å².